The Morgan fingerprint density at radius 3 is 1.29 bits per heavy atom. The Morgan fingerprint density at radius 1 is 0.542 bits per heavy atom. The summed E-state index contributed by atoms with van der Waals surface area (Å²) in [5.41, 5.74) is 0. The summed E-state index contributed by atoms with van der Waals surface area (Å²) in [6.45, 7) is 1.74. The fourth-order valence-corrected chi connectivity index (χ4v) is 3.08. The molecule has 0 rings (SSSR count). The molecule has 0 aromatic rings. The van der Waals surface area contributed by atoms with Crippen LogP contribution in [0.2, 0.25) is 0 Å². The molecule has 4 nitrogen and oxygen atoms in total. The molecule has 0 saturated heterocycles. The number of rotatable bonds is 18. The van der Waals surface area contributed by atoms with E-state index in [1.54, 1.807) is 0 Å². The molecule has 0 heterocycles. The minimum atomic E-state index is -1.24. The fraction of sp³-hybridized carbons (Fsp3) is 1.00. The van der Waals surface area contributed by atoms with Crippen molar-refractivity contribution in [2.75, 3.05) is 6.61 Å². The Hall–Kier alpha value is -0.160. The van der Waals surface area contributed by atoms with Crippen LogP contribution >= 0.6 is 0 Å². The van der Waals surface area contributed by atoms with E-state index < -0.39 is 24.9 Å². The zero-order chi connectivity index (χ0) is 18.0. The first kappa shape index (κ1) is 23.8. The number of aliphatic hydroxyl groups excluding tert-OH is 4. The Morgan fingerprint density at radius 2 is 0.917 bits per heavy atom. The number of hydrogen-bond donors (Lipinski definition) is 4. The second kappa shape index (κ2) is 17.7. The average molecular weight is 347 g/mol. The van der Waals surface area contributed by atoms with Crippen molar-refractivity contribution in [2.24, 2.45) is 0 Å². The maximum absolute atomic E-state index is 9.69. The SMILES string of the molecule is CCCCCCCCCCCCCCCC[C@H](O)[C@H](O)[C@H](O)CO. The van der Waals surface area contributed by atoms with Crippen LogP contribution in [-0.2, 0) is 0 Å². The van der Waals surface area contributed by atoms with Crippen molar-refractivity contribution < 1.29 is 20.4 Å². The van der Waals surface area contributed by atoms with Crippen molar-refractivity contribution in [2.45, 2.75) is 122 Å². The molecule has 0 saturated carbocycles. The normalized spacial score (nSPS) is 15.4. The van der Waals surface area contributed by atoms with Gasteiger partial charge in [0.25, 0.3) is 0 Å². The van der Waals surface area contributed by atoms with Crippen molar-refractivity contribution in [3.8, 4) is 0 Å². The summed E-state index contributed by atoms with van der Waals surface area (Å²) < 4.78 is 0. The molecule has 4 N–H and O–H groups in total. The van der Waals surface area contributed by atoms with Crippen LogP contribution < -0.4 is 0 Å². The summed E-state index contributed by atoms with van der Waals surface area (Å²) >= 11 is 0. The molecule has 0 aromatic carbocycles. The second-order valence-corrected chi connectivity index (χ2v) is 7.19. The zero-order valence-corrected chi connectivity index (χ0v) is 15.8. The van der Waals surface area contributed by atoms with E-state index in [0.717, 1.165) is 12.8 Å². The van der Waals surface area contributed by atoms with Gasteiger partial charge < -0.3 is 20.4 Å². The minimum Gasteiger partial charge on any atom is -0.394 e. The van der Waals surface area contributed by atoms with Crippen LogP contribution in [0, 0.1) is 0 Å². The lowest BCUT2D eigenvalue weighted by Gasteiger charge is -2.21. The molecule has 3 atom stereocenters. The molecule has 0 aliphatic rings. The second-order valence-electron chi connectivity index (χ2n) is 7.19. The van der Waals surface area contributed by atoms with Gasteiger partial charge in [0.05, 0.1) is 12.7 Å². The lowest BCUT2D eigenvalue weighted by atomic mass is 10.0. The quantitative estimate of drug-likeness (QED) is 0.283. The molecule has 146 valence electrons. The Bertz CT molecular complexity index is 248. The van der Waals surface area contributed by atoms with E-state index in [4.69, 9.17) is 5.11 Å². The summed E-state index contributed by atoms with van der Waals surface area (Å²) in [6.07, 6.45) is 15.1. The van der Waals surface area contributed by atoms with Crippen LogP contribution in [0.1, 0.15) is 103 Å². The largest absolute Gasteiger partial charge is 0.394 e. The topological polar surface area (TPSA) is 80.9 Å². The molecule has 0 aliphatic heterocycles. The maximum Gasteiger partial charge on any atom is 0.108 e. The van der Waals surface area contributed by atoms with Crippen LogP contribution in [0.15, 0.2) is 0 Å². The van der Waals surface area contributed by atoms with Crippen molar-refractivity contribution >= 4 is 0 Å². The van der Waals surface area contributed by atoms with E-state index in [0.29, 0.717) is 6.42 Å². The van der Waals surface area contributed by atoms with Crippen LogP contribution in [0.4, 0.5) is 0 Å². The van der Waals surface area contributed by atoms with E-state index in [2.05, 4.69) is 6.92 Å². The Balaban J connectivity index is 3.23. The smallest absolute Gasteiger partial charge is 0.108 e. The average Bonchev–Trinajstić information content (AvgIpc) is 2.60. The maximum atomic E-state index is 9.69. The highest BCUT2D eigenvalue weighted by Crippen LogP contribution is 2.14. The van der Waals surface area contributed by atoms with Crippen LogP contribution in [0.25, 0.3) is 0 Å². The van der Waals surface area contributed by atoms with E-state index in [9.17, 15) is 15.3 Å². The van der Waals surface area contributed by atoms with Gasteiger partial charge in [-0.15, -0.1) is 0 Å². The number of aliphatic hydroxyl groups is 4. The summed E-state index contributed by atoms with van der Waals surface area (Å²) in [7, 11) is 0. The fourth-order valence-electron chi connectivity index (χ4n) is 3.08. The van der Waals surface area contributed by atoms with Crippen molar-refractivity contribution in [3.05, 3.63) is 0 Å². The van der Waals surface area contributed by atoms with Crippen LogP contribution in [0.5, 0.6) is 0 Å². The molecule has 0 aromatic heterocycles. The lowest BCUT2D eigenvalue weighted by molar-refractivity contribution is -0.0787. The predicted octanol–water partition coefficient (Wildman–Crippen LogP) is 3.93. The summed E-state index contributed by atoms with van der Waals surface area (Å²) in [5, 5.41) is 37.2. The van der Waals surface area contributed by atoms with Gasteiger partial charge in [-0.05, 0) is 6.42 Å². The molecule has 0 amide bonds. The highest BCUT2D eigenvalue weighted by Gasteiger charge is 2.23. The molecule has 4 heteroatoms. The highest BCUT2D eigenvalue weighted by molar-refractivity contribution is 4.74. The molecule has 0 unspecified atom stereocenters. The predicted molar refractivity (Wildman–Crippen MR) is 100 cm³/mol. The van der Waals surface area contributed by atoms with E-state index >= 15 is 0 Å². The molecule has 0 radical (unpaired) electrons. The van der Waals surface area contributed by atoms with Gasteiger partial charge in [0.2, 0.25) is 0 Å². The summed E-state index contributed by atoms with van der Waals surface area (Å²) in [6, 6.07) is 0. The standard InChI is InChI=1S/C20H42O4/c1-2-3-4-5-6-7-8-9-10-11-12-13-14-15-16-18(22)20(24)19(23)17-21/h18-24H,2-17H2,1H3/t18-,19+,20-/m0/s1. The molecule has 24 heavy (non-hydrogen) atoms. The van der Waals surface area contributed by atoms with Gasteiger partial charge in [0.1, 0.15) is 12.2 Å². The van der Waals surface area contributed by atoms with Crippen molar-refractivity contribution in [1.82, 2.24) is 0 Å². The lowest BCUT2D eigenvalue weighted by Crippen LogP contribution is -2.39. The van der Waals surface area contributed by atoms with Crippen molar-refractivity contribution in [1.29, 1.82) is 0 Å². The van der Waals surface area contributed by atoms with Crippen LogP contribution in [0.3, 0.4) is 0 Å². The first-order valence-electron chi connectivity index (χ1n) is 10.3. The molecular weight excluding hydrogens is 304 g/mol. The van der Waals surface area contributed by atoms with Crippen LogP contribution in [-0.4, -0.2) is 45.3 Å². The minimum absolute atomic E-state index is 0.482. The van der Waals surface area contributed by atoms with Gasteiger partial charge >= 0.3 is 0 Å². The first-order chi connectivity index (χ1) is 11.6. The van der Waals surface area contributed by atoms with E-state index in [1.165, 1.54) is 77.0 Å². The summed E-state index contributed by atoms with van der Waals surface area (Å²) in [4.78, 5) is 0. The molecule has 0 spiro atoms. The number of unbranched alkanes of at least 4 members (excludes halogenated alkanes) is 13. The highest BCUT2D eigenvalue weighted by atomic mass is 16.4. The van der Waals surface area contributed by atoms with E-state index in [-0.39, 0.29) is 0 Å². The third kappa shape index (κ3) is 14.2. The number of hydrogen-bond acceptors (Lipinski definition) is 4. The van der Waals surface area contributed by atoms with Gasteiger partial charge in [-0.1, -0.05) is 96.8 Å². The van der Waals surface area contributed by atoms with Gasteiger partial charge in [-0.2, -0.15) is 0 Å². The van der Waals surface area contributed by atoms with Crippen molar-refractivity contribution in [3.63, 3.8) is 0 Å². The van der Waals surface area contributed by atoms with Gasteiger partial charge in [0, 0.05) is 0 Å². The Kier molecular flexibility index (Phi) is 17.5. The molecule has 0 fully saturated rings. The molecular formula is C20H42O4. The van der Waals surface area contributed by atoms with Gasteiger partial charge in [-0.25, -0.2) is 0 Å². The van der Waals surface area contributed by atoms with Gasteiger partial charge in [-0.3, -0.25) is 0 Å². The third-order valence-corrected chi connectivity index (χ3v) is 4.83. The molecule has 0 bridgehead atoms. The summed E-state index contributed by atoms with van der Waals surface area (Å²) in [5.74, 6) is 0. The monoisotopic (exact) mass is 346 g/mol. The zero-order valence-electron chi connectivity index (χ0n) is 15.8. The van der Waals surface area contributed by atoms with Gasteiger partial charge in [0.15, 0.2) is 0 Å². The third-order valence-electron chi connectivity index (χ3n) is 4.83. The Labute approximate surface area is 149 Å². The molecule has 0 aliphatic carbocycles. The van der Waals surface area contributed by atoms with E-state index in [1.807, 2.05) is 0 Å². The first-order valence-corrected chi connectivity index (χ1v) is 10.3.